The van der Waals surface area contributed by atoms with E-state index in [4.69, 9.17) is 0 Å². The fourth-order valence-electron chi connectivity index (χ4n) is 15.8. The van der Waals surface area contributed by atoms with Crippen molar-refractivity contribution in [1.29, 1.82) is 0 Å². The van der Waals surface area contributed by atoms with Gasteiger partial charge < -0.3 is 0 Å². The molecule has 1 aromatic rings. The zero-order valence-electron chi connectivity index (χ0n) is 15.8. The highest BCUT2D eigenvalue weighted by Crippen LogP contribution is 2.99. The SMILES string of the molecule is c1ccc(CC23C4[C@@H]5C[C@@H]6C7C8[C@@H]9[C@@H]6[C@@H]5[C@@H]2[C@@H]9[C@@H]2[C@@H]8[C@H]5[C@H]([C@H]23)[C@H]4C[C@@H]75)cc1. The lowest BCUT2D eigenvalue weighted by atomic mass is 9.61. The van der Waals surface area contributed by atoms with Gasteiger partial charge in [-0.2, -0.15) is 0 Å². The highest BCUT2D eigenvalue weighted by Gasteiger charge is 2.95. The summed E-state index contributed by atoms with van der Waals surface area (Å²) in [6.07, 6.45) is 4.92. The maximum Gasteiger partial charge on any atom is -0.0155 e. The zero-order chi connectivity index (χ0) is 16.5. The van der Waals surface area contributed by atoms with Crippen molar-refractivity contribution in [2.75, 3.05) is 0 Å². The van der Waals surface area contributed by atoms with E-state index >= 15 is 0 Å². The third-order valence-electron chi connectivity index (χ3n) is 14.3. The molecule has 136 valence electrons. The molecule has 0 spiro atoms. The molecule has 10 saturated carbocycles. The van der Waals surface area contributed by atoms with Crippen molar-refractivity contribution in [1.82, 2.24) is 0 Å². The van der Waals surface area contributed by atoms with E-state index in [9.17, 15) is 0 Å². The topological polar surface area (TPSA) is 0 Å². The van der Waals surface area contributed by atoms with Crippen molar-refractivity contribution in [3.8, 4) is 0 Å². The van der Waals surface area contributed by atoms with Gasteiger partial charge in [-0.05, 0) is 131 Å². The second-order valence-electron chi connectivity index (χ2n) is 13.3. The number of fused-ring (bicyclic) bond motifs is 4. The molecule has 10 aliphatic carbocycles. The molecule has 10 fully saturated rings. The summed E-state index contributed by atoms with van der Waals surface area (Å²) in [7, 11) is 0. The Bertz CT molecular complexity index is 904. The van der Waals surface area contributed by atoms with E-state index in [2.05, 4.69) is 30.3 Å². The molecular formula is C27H28. The lowest BCUT2D eigenvalue weighted by Gasteiger charge is -2.43. The molecule has 11 rings (SSSR count). The van der Waals surface area contributed by atoms with Crippen LogP contribution < -0.4 is 0 Å². The minimum Gasteiger partial charge on any atom is -0.0622 e. The van der Waals surface area contributed by atoms with Crippen LogP contribution in [0, 0.1) is 106 Å². The first-order chi connectivity index (χ1) is 13.4. The molecule has 10 aliphatic rings. The van der Waals surface area contributed by atoms with Crippen molar-refractivity contribution < 1.29 is 0 Å². The fraction of sp³-hybridized carbons (Fsp3) is 0.778. The smallest absolute Gasteiger partial charge is 0.0155 e. The largest absolute Gasteiger partial charge is 0.0622 e. The Kier molecular flexibility index (Phi) is 1.54. The van der Waals surface area contributed by atoms with Gasteiger partial charge in [0, 0.05) is 0 Å². The first-order valence-electron chi connectivity index (χ1n) is 12.5. The second-order valence-corrected chi connectivity index (χ2v) is 13.3. The molecule has 0 bridgehead atoms. The van der Waals surface area contributed by atoms with Gasteiger partial charge in [0.05, 0.1) is 0 Å². The van der Waals surface area contributed by atoms with Gasteiger partial charge in [0.25, 0.3) is 0 Å². The van der Waals surface area contributed by atoms with Crippen molar-refractivity contribution in [3.05, 3.63) is 35.9 Å². The Morgan fingerprint density at radius 1 is 0.556 bits per heavy atom. The third kappa shape index (κ3) is 0.854. The molecule has 0 heterocycles. The molecule has 0 aromatic heterocycles. The van der Waals surface area contributed by atoms with Crippen LogP contribution in [0.2, 0.25) is 0 Å². The van der Waals surface area contributed by atoms with Crippen LogP contribution in [0.25, 0.3) is 0 Å². The van der Waals surface area contributed by atoms with Crippen LogP contribution in [0.1, 0.15) is 18.4 Å². The first-order valence-corrected chi connectivity index (χ1v) is 12.5. The average Bonchev–Trinajstić information content (AvgIpc) is 3.41. The molecule has 0 saturated heterocycles. The molecule has 4 unspecified atom stereocenters. The fourth-order valence-corrected chi connectivity index (χ4v) is 15.8. The summed E-state index contributed by atoms with van der Waals surface area (Å²) in [4.78, 5) is 0. The summed E-state index contributed by atoms with van der Waals surface area (Å²) < 4.78 is 0. The molecule has 0 aliphatic heterocycles. The molecular weight excluding hydrogens is 324 g/mol. The van der Waals surface area contributed by atoms with E-state index in [1.165, 1.54) is 107 Å². The molecule has 0 nitrogen and oxygen atoms in total. The monoisotopic (exact) mass is 352 g/mol. The predicted octanol–water partition coefficient (Wildman–Crippen LogP) is 4.61. The Morgan fingerprint density at radius 2 is 1.15 bits per heavy atom. The van der Waals surface area contributed by atoms with Gasteiger partial charge in [-0.3, -0.25) is 0 Å². The highest BCUT2D eigenvalue weighted by atomic mass is 15.0. The van der Waals surface area contributed by atoms with Crippen LogP contribution in [0.4, 0.5) is 0 Å². The maximum absolute atomic E-state index is 2.49. The van der Waals surface area contributed by atoms with Gasteiger partial charge in [0.1, 0.15) is 0 Å². The predicted molar refractivity (Wildman–Crippen MR) is 101 cm³/mol. The quantitative estimate of drug-likeness (QED) is 0.729. The Balaban J connectivity index is 1.27. The van der Waals surface area contributed by atoms with Gasteiger partial charge in [0.15, 0.2) is 0 Å². The summed E-state index contributed by atoms with van der Waals surface area (Å²) >= 11 is 0. The van der Waals surface area contributed by atoms with E-state index < -0.39 is 0 Å². The molecule has 18 atom stereocenters. The summed E-state index contributed by atoms with van der Waals surface area (Å²) in [5.41, 5.74) is 2.49. The second kappa shape index (κ2) is 3.27. The normalized spacial score (nSPS) is 79.5. The van der Waals surface area contributed by atoms with Crippen LogP contribution in [-0.2, 0) is 6.42 Å². The lowest BCUT2D eigenvalue weighted by Crippen LogP contribution is -2.39. The van der Waals surface area contributed by atoms with Gasteiger partial charge in [0.2, 0.25) is 0 Å². The lowest BCUT2D eigenvalue weighted by molar-refractivity contribution is 0.0556. The number of hydrogen-bond acceptors (Lipinski definition) is 0. The zero-order valence-corrected chi connectivity index (χ0v) is 15.8. The highest BCUT2D eigenvalue weighted by molar-refractivity contribution is 5.43. The van der Waals surface area contributed by atoms with Crippen LogP contribution in [-0.4, -0.2) is 0 Å². The van der Waals surface area contributed by atoms with E-state index in [1.54, 1.807) is 18.4 Å². The molecule has 0 amide bonds. The van der Waals surface area contributed by atoms with Gasteiger partial charge in [-0.15, -0.1) is 0 Å². The van der Waals surface area contributed by atoms with E-state index in [1.807, 2.05) is 0 Å². The van der Waals surface area contributed by atoms with E-state index in [0.717, 1.165) is 5.41 Å². The molecule has 0 heteroatoms. The van der Waals surface area contributed by atoms with Crippen molar-refractivity contribution >= 4 is 0 Å². The Hall–Kier alpha value is -0.780. The van der Waals surface area contributed by atoms with E-state index in [0.29, 0.717) is 0 Å². The van der Waals surface area contributed by atoms with Crippen molar-refractivity contribution in [2.45, 2.75) is 19.3 Å². The van der Waals surface area contributed by atoms with Crippen LogP contribution >= 0.6 is 0 Å². The molecule has 0 N–H and O–H groups in total. The summed E-state index contributed by atoms with van der Waals surface area (Å²) in [6.45, 7) is 0. The summed E-state index contributed by atoms with van der Waals surface area (Å²) in [5.74, 6) is 20.8. The van der Waals surface area contributed by atoms with Crippen LogP contribution in [0.3, 0.4) is 0 Å². The molecule has 0 radical (unpaired) electrons. The van der Waals surface area contributed by atoms with Gasteiger partial charge >= 0.3 is 0 Å². The van der Waals surface area contributed by atoms with Crippen LogP contribution in [0.5, 0.6) is 0 Å². The van der Waals surface area contributed by atoms with Gasteiger partial charge in [-0.1, -0.05) is 30.3 Å². The average molecular weight is 353 g/mol. The maximum atomic E-state index is 2.49. The number of rotatable bonds is 2. The first kappa shape index (κ1) is 12.7. The van der Waals surface area contributed by atoms with Crippen molar-refractivity contribution in [3.63, 3.8) is 0 Å². The standard InChI is InChI=1S/C27H28/c1-2-4-9(5-3-1)8-27-24-12-6-10-14-11-7-13(24)18-16(11)21-19(14)20-15(10)17(12)25(27)22(20)23(21)26(18)27/h1-5,10-26H,6-8H2/t10-,11+,12-,13-,14?,15+,16-,17-,18-,19?,20+,21-,22+,23+,24?,25-,26-,27?/m1/s1. The Morgan fingerprint density at radius 3 is 1.78 bits per heavy atom. The van der Waals surface area contributed by atoms with Gasteiger partial charge in [-0.25, -0.2) is 0 Å². The minimum atomic E-state index is 0.784. The number of benzene rings is 1. The third-order valence-corrected chi connectivity index (χ3v) is 14.3. The minimum absolute atomic E-state index is 0.784. The summed E-state index contributed by atoms with van der Waals surface area (Å²) in [5, 5.41) is 0. The Labute approximate surface area is 161 Å². The number of hydrogen-bond donors (Lipinski definition) is 0. The molecule has 27 heavy (non-hydrogen) atoms. The molecule has 1 aromatic carbocycles. The van der Waals surface area contributed by atoms with Crippen LogP contribution in [0.15, 0.2) is 30.3 Å². The van der Waals surface area contributed by atoms with Crippen molar-refractivity contribution in [2.24, 2.45) is 106 Å². The van der Waals surface area contributed by atoms with E-state index in [-0.39, 0.29) is 0 Å². The summed E-state index contributed by atoms with van der Waals surface area (Å²) in [6, 6.07) is 11.9.